The molecule has 0 aromatic heterocycles. The van der Waals surface area contributed by atoms with Crippen LogP contribution in [0.2, 0.25) is 0 Å². The Hall–Kier alpha value is -1.27. The predicted molar refractivity (Wildman–Crippen MR) is 196 cm³/mol. The van der Waals surface area contributed by atoms with Crippen LogP contribution in [0.3, 0.4) is 0 Å². The number of carbonyl (C=O) groups excluding carboxylic acids is 1. The molecule has 46 heavy (non-hydrogen) atoms. The van der Waals surface area contributed by atoms with E-state index in [1.807, 2.05) is 30.3 Å². The minimum absolute atomic E-state index is 0.0192. The fourth-order valence-corrected chi connectivity index (χ4v) is 6.77. The number of unbranched alkanes of at least 4 members (excludes halogenated alkanes) is 22. The summed E-state index contributed by atoms with van der Waals surface area (Å²) in [6.07, 6.45) is 31.5. The van der Waals surface area contributed by atoms with Gasteiger partial charge in [-0.05, 0) is 18.4 Å². The Kier molecular flexibility index (Phi) is 27.7. The first-order valence-corrected chi connectivity index (χ1v) is 19.8. The molecule has 4 N–H and O–H groups in total. The minimum atomic E-state index is -1.83. The third-order valence-electron chi connectivity index (χ3n) is 9.63. The van der Waals surface area contributed by atoms with Gasteiger partial charge in [0, 0.05) is 12.3 Å². The van der Waals surface area contributed by atoms with E-state index >= 15 is 0 Å². The van der Waals surface area contributed by atoms with E-state index in [2.05, 4.69) is 13.8 Å². The van der Waals surface area contributed by atoms with Crippen LogP contribution < -0.4 is 5.73 Å². The number of hydrogen-bond donors (Lipinski definition) is 3. The van der Waals surface area contributed by atoms with Crippen molar-refractivity contribution < 1.29 is 19.7 Å². The molecule has 0 saturated carbocycles. The highest BCUT2D eigenvalue weighted by atomic mass is 16.5. The molecule has 268 valence electrons. The molecule has 0 radical (unpaired) electrons. The van der Waals surface area contributed by atoms with Gasteiger partial charge in [0.1, 0.15) is 0 Å². The lowest BCUT2D eigenvalue weighted by atomic mass is 9.84. The molecular weight excluding hydrogens is 570 g/mol. The summed E-state index contributed by atoms with van der Waals surface area (Å²) in [5.41, 5.74) is 5.46. The Morgan fingerprint density at radius 1 is 0.652 bits per heavy atom. The summed E-state index contributed by atoms with van der Waals surface area (Å²) in [5.74, 6) is -0.277. The molecule has 2 unspecified atom stereocenters. The molecule has 0 fully saturated rings. The van der Waals surface area contributed by atoms with E-state index in [1.54, 1.807) is 0 Å². The maximum atomic E-state index is 14.0. The van der Waals surface area contributed by atoms with Gasteiger partial charge in [0.05, 0.1) is 13.2 Å². The van der Waals surface area contributed by atoms with Gasteiger partial charge in [-0.1, -0.05) is 198 Å². The fourth-order valence-electron chi connectivity index (χ4n) is 6.77. The van der Waals surface area contributed by atoms with E-state index in [0.29, 0.717) is 0 Å². The maximum Gasteiger partial charge on any atom is 0.169 e. The number of hydrogen-bond acceptors (Lipinski definition) is 5. The van der Waals surface area contributed by atoms with Gasteiger partial charge in [-0.2, -0.15) is 0 Å². The Bertz CT molecular complexity index is 771. The predicted octanol–water partition coefficient (Wildman–Crippen LogP) is 10.6. The van der Waals surface area contributed by atoms with E-state index in [9.17, 15) is 15.0 Å². The Morgan fingerprint density at radius 2 is 1.02 bits per heavy atom. The van der Waals surface area contributed by atoms with Gasteiger partial charge < -0.3 is 20.7 Å². The van der Waals surface area contributed by atoms with Crippen molar-refractivity contribution >= 4 is 5.78 Å². The molecule has 5 heteroatoms. The molecule has 0 saturated heterocycles. The smallest absolute Gasteiger partial charge is 0.169 e. The number of ketones is 1. The van der Waals surface area contributed by atoms with Gasteiger partial charge in [0.15, 0.2) is 17.6 Å². The summed E-state index contributed by atoms with van der Waals surface area (Å²) < 4.78 is 5.82. The van der Waals surface area contributed by atoms with Crippen molar-refractivity contribution in [3.8, 4) is 0 Å². The number of ether oxygens (including phenoxy) is 1. The summed E-state index contributed by atoms with van der Waals surface area (Å²) in [5, 5.41) is 20.9. The average molecular weight is 646 g/mol. The van der Waals surface area contributed by atoms with Crippen LogP contribution in [0.5, 0.6) is 0 Å². The topological polar surface area (TPSA) is 92.8 Å². The zero-order valence-corrected chi connectivity index (χ0v) is 30.3. The molecule has 1 aromatic carbocycles. The normalized spacial score (nSPS) is 13.7. The molecule has 0 aliphatic heterocycles. The van der Waals surface area contributed by atoms with Crippen LogP contribution in [-0.2, 0) is 16.0 Å². The number of aliphatic hydroxyl groups excluding tert-OH is 1. The molecule has 1 rings (SSSR count). The standard InChI is InChI=1S/C41H75NO4/c1-3-5-7-9-11-13-15-17-19-21-23-28-32-38(33-29-24-22-20-18-16-14-12-10-8-6-4-2)39(44)40(46-35-34-43)41(42,45)36-37-30-26-25-27-31-37/h25-27,30-31,38,40,43,45H,3-24,28-29,32-36,42H2,1-2H3. The van der Waals surface area contributed by atoms with Crippen molar-refractivity contribution in [1.29, 1.82) is 0 Å². The monoisotopic (exact) mass is 646 g/mol. The molecule has 0 amide bonds. The average Bonchev–Trinajstić information content (AvgIpc) is 3.05. The molecule has 5 nitrogen and oxygen atoms in total. The Balaban J connectivity index is 2.59. The van der Waals surface area contributed by atoms with Crippen LogP contribution >= 0.6 is 0 Å². The second-order valence-electron chi connectivity index (χ2n) is 14.1. The van der Waals surface area contributed by atoms with Crippen molar-refractivity contribution in [2.45, 2.75) is 199 Å². The summed E-state index contributed by atoms with van der Waals surface area (Å²) in [6.45, 7) is 4.30. The first-order valence-electron chi connectivity index (χ1n) is 19.8. The minimum Gasteiger partial charge on any atom is -0.394 e. The lowest BCUT2D eigenvalue weighted by Crippen LogP contribution is -2.58. The Labute approximate surface area is 284 Å². The lowest BCUT2D eigenvalue weighted by Gasteiger charge is -2.34. The Morgan fingerprint density at radius 3 is 1.39 bits per heavy atom. The van der Waals surface area contributed by atoms with Crippen molar-refractivity contribution in [3.63, 3.8) is 0 Å². The molecule has 0 aliphatic carbocycles. The molecule has 2 atom stereocenters. The summed E-state index contributed by atoms with van der Waals surface area (Å²) >= 11 is 0. The van der Waals surface area contributed by atoms with E-state index in [-0.39, 0.29) is 31.3 Å². The fraction of sp³-hybridized carbons (Fsp3) is 0.829. The number of Topliss-reactive ketones (excluding diaryl/α,β-unsaturated/α-hetero) is 1. The number of nitrogens with two attached hydrogens (primary N) is 1. The van der Waals surface area contributed by atoms with Crippen LogP contribution in [0, 0.1) is 5.92 Å². The van der Waals surface area contributed by atoms with Crippen LogP contribution in [-0.4, -0.2) is 41.0 Å². The number of benzene rings is 1. The second-order valence-corrected chi connectivity index (χ2v) is 14.1. The highest BCUT2D eigenvalue weighted by Crippen LogP contribution is 2.26. The van der Waals surface area contributed by atoms with E-state index in [1.165, 1.54) is 128 Å². The first-order chi connectivity index (χ1) is 22.5. The molecule has 1 aromatic rings. The van der Waals surface area contributed by atoms with Crippen molar-refractivity contribution in [2.75, 3.05) is 13.2 Å². The number of aliphatic hydroxyl groups is 2. The lowest BCUT2D eigenvalue weighted by molar-refractivity contribution is -0.158. The zero-order valence-electron chi connectivity index (χ0n) is 30.3. The molecular formula is C41H75NO4. The third-order valence-corrected chi connectivity index (χ3v) is 9.63. The second kappa shape index (κ2) is 29.8. The zero-order chi connectivity index (χ0) is 33.6. The quantitative estimate of drug-likeness (QED) is 0.0512. The van der Waals surface area contributed by atoms with Crippen molar-refractivity contribution in [3.05, 3.63) is 35.9 Å². The van der Waals surface area contributed by atoms with Crippen molar-refractivity contribution in [1.82, 2.24) is 0 Å². The van der Waals surface area contributed by atoms with Gasteiger partial charge in [0.25, 0.3) is 0 Å². The SMILES string of the molecule is CCCCCCCCCCCCCCC(CCCCCCCCCCCCCC)C(=O)C(OCCO)C(N)(O)Cc1ccccc1. The van der Waals surface area contributed by atoms with E-state index < -0.39 is 11.8 Å². The number of rotatable bonds is 34. The van der Waals surface area contributed by atoms with Crippen molar-refractivity contribution in [2.24, 2.45) is 11.7 Å². The number of carbonyl (C=O) groups is 1. The molecule has 0 bridgehead atoms. The third kappa shape index (κ3) is 22.3. The van der Waals surface area contributed by atoms with Gasteiger partial charge >= 0.3 is 0 Å². The van der Waals surface area contributed by atoms with Crippen LogP contribution in [0.1, 0.15) is 186 Å². The van der Waals surface area contributed by atoms with E-state index in [0.717, 1.165) is 44.1 Å². The largest absolute Gasteiger partial charge is 0.394 e. The summed E-state index contributed by atoms with van der Waals surface area (Å²) in [7, 11) is 0. The summed E-state index contributed by atoms with van der Waals surface area (Å²) in [4.78, 5) is 14.0. The summed E-state index contributed by atoms with van der Waals surface area (Å²) in [6, 6.07) is 9.54. The van der Waals surface area contributed by atoms with E-state index in [4.69, 9.17) is 10.5 Å². The molecule has 0 aliphatic rings. The molecule has 0 heterocycles. The van der Waals surface area contributed by atoms with Gasteiger partial charge in [-0.25, -0.2) is 0 Å². The van der Waals surface area contributed by atoms with Crippen LogP contribution in [0.15, 0.2) is 30.3 Å². The van der Waals surface area contributed by atoms with Gasteiger partial charge in [-0.3, -0.25) is 4.79 Å². The van der Waals surface area contributed by atoms with Crippen LogP contribution in [0.25, 0.3) is 0 Å². The maximum absolute atomic E-state index is 14.0. The first kappa shape index (κ1) is 42.8. The van der Waals surface area contributed by atoms with Crippen LogP contribution in [0.4, 0.5) is 0 Å². The highest BCUT2D eigenvalue weighted by Gasteiger charge is 2.41. The molecule has 0 spiro atoms. The highest BCUT2D eigenvalue weighted by molar-refractivity contribution is 5.86. The van der Waals surface area contributed by atoms with Gasteiger partial charge in [0.2, 0.25) is 0 Å². The van der Waals surface area contributed by atoms with Gasteiger partial charge in [-0.15, -0.1) is 0 Å².